The van der Waals surface area contributed by atoms with Crippen molar-refractivity contribution >= 4 is 17.3 Å². The van der Waals surface area contributed by atoms with Crippen LogP contribution in [-0.4, -0.2) is 47.0 Å². The minimum Gasteiger partial charge on any atom is -0.476 e. The molecule has 6 nitrogen and oxygen atoms in total. The number of nitrogens with one attached hydrogen (secondary N) is 1. The molecule has 2 N–H and O–H groups in total. The number of thiazole rings is 1. The molecule has 192 valence electrons. The fourth-order valence-corrected chi connectivity index (χ4v) is 5.32. The number of alkyl halides is 3. The van der Waals surface area contributed by atoms with Crippen molar-refractivity contribution in [3.63, 3.8) is 0 Å². The van der Waals surface area contributed by atoms with Gasteiger partial charge in [0.25, 0.3) is 0 Å². The van der Waals surface area contributed by atoms with E-state index in [1.165, 1.54) is 45.5 Å². The minimum absolute atomic E-state index is 0.120. The number of fused-ring (bicyclic) bond motifs is 1. The number of hydrogen-bond acceptors (Lipinski definition) is 6. The Morgan fingerprint density at radius 2 is 1.89 bits per heavy atom. The molecule has 2 aromatic carbocycles. The molecule has 1 aliphatic carbocycles. The molecule has 0 spiro atoms. The molecule has 0 amide bonds. The number of ether oxygens (including phenoxy) is 1. The van der Waals surface area contributed by atoms with E-state index in [4.69, 9.17) is 5.11 Å². The Hall–Kier alpha value is -2.95. The Morgan fingerprint density at radius 3 is 2.50 bits per heavy atom. The first-order valence-electron chi connectivity index (χ1n) is 11.6. The highest BCUT2D eigenvalue weighted by Gasteiger charge is 2.54. The maximum absolute atomic E-state index is 12.3. The standard InChI is InChI=1S/C22H25F3N2O.C4H3NO2S/c1-15-4-2-6-17(8-15)12-27-13-20-19(21(20)14-27)11-26-10-16-5-3-7-18(9-16)28-22(23,24)25;6-4(7)3-1-8-2-5-3/h2-9,19-21,26H,10-14H2,1H3;1-2H,(H,6,7). The largest absolute Gasteiger partial charge is 0.573 e. The van der Waals surface area contributed by atoms with E-state index in [2.05, 4.69) is 51.1 Å². The molecule has 2 atom stereocenters. The van der Waals surface area contributed by atoms with Crippen molar-refractivity contribution in [1.82, 2.24) is 15.2 Å². The van der Waals surface area contributed by atoms with E-state index in [0.29, 0.717) is 12.5 Å². The van der Waals surface area contributed by atoms with E-state index >= 15 is 0 Å². The third kappa shape index (κ3) is 7.52. The number of nitrogens with zero attached hydrogens (tertiary/aromatic N) is 2. The third-order valence-electron chi connectivity index (χ3n) is 6.43. The summed E-state index contributed by atoms with van der Waals surface area (Å²) in [4.78, 5) is 16.1. The summed E-state index contributed by atoms with van der Waals surface area (Å²) in [6, 6.07) is 14.8. The van der Waals surface area contributed by atoms with Crippen molar-refractivity contribution in [3.8, 4) is 5.75 Å². The van der Waals surface area contributed by atoms with Crippen LogP contribution in [0.2, 0.25) is 0 Å². The molecule has 0 bridgehead atoms. The molecule has 0 radical (unpaired) electrons. The van der Waals surface area contributed by atoms with E-state index in [0.717, 1.165) is 43.6 Å². The van der Waals surface area contributed by atoms with Crippen LogP contribution in [0.1, 0.15) is 27.2 Å². The van der Waals surface area contributed by atoms with Crippen LogP contribution in [0.3, 0.4) is 0 Å². The number of aromatic nitrogens is 1. The summed E-state index contributed by atoms with van der Waals surface area (Å²) in [6.07, 6.45) is -4.65. The maximum Gasteiger partial charge on any atom is 0.573 e. The number of carboxylic acids is 1. The zero-order valence-electron chi connectivity index (χ0n) is 19.7. The molecule has 5 rings (SSSR count). The number of carbonyl (C=O) groups is 1. The van der Waals surface area contributed by atoms with Crippen molar-refractivity contribution in [2.75, 3.05) is 19.6 Å². The predicted octanol–water partition coefficient (Wildman–Crippen LogP) is 5.20. The number of benzene rings is 2. The second-order valence-electron chi connectivity index (χ2n) is 9.18. The zero-order chi connectivity index (χ0) is 25.7. The van der Waals surface area contributed by atoms with Crippen LogP contribution in [0.25, 0.3) is 0 Å². The van der Waals surface area contributed by atoms with Gasteiger partial charge in [-0.25, -0.2) is 9.78 Å². The Labute approximate surface area is 211 Å². The van der Waals surface area contributed by atoms with Crippen molar-refractivity contribution in [2.45, 2.75) is 26.4 Å². The third-order valence-corrected chi connectivity index (χ3v) is 7.01. The molecular formula is C26H28F3N3O3S. The molecule has 3 aromatic rings. The highest BCUT2D eigenvalue weighted by Crippen LogP contribution is 2.51. The minimum atomic E-state index is -4.65. The number of rotatable bonds is 8. The van der Waals surface area contributed by atoms with Crippen LogP contribution in [0, 0.1) is 24.7 Å². The van der Waals surface area contributed by atoms with Crippen molar-refractivity contribution in [2.24, 2.45) is 17.8 Å². The van der Waals surface area contributed by atoms with Gasteiger partial charge in [-0.15, -0.1) is 24.5 Å². The number of hydrogen-bond donors (Lipinski definition) is 2. The van der Waals surface area contributed by atoms with Gasteiger partial charge < -0.3 is 15.2 Å². The molecule has 2 fully saturated rings. The smallest absolute Gasteiger partial charge is 0.476 e. The molecule has 2 aliphatic rings. The molecule has 10 heteroatoms. The summed E-state index contributed by atoms with van der Waals surface area (Å²) in [5.74, 6) is 1.05. The van der Waals surface area contributed by atoms with Crippen LogP contribution in [-0.2, 0) is 13.1 Å². The number of aryl methyl sites for hydroxylation is 1. The highest BCUT2D eigenvalue weighted by molar-refractivity contribution is 7.07. The zero-order valence-corrected chi connectivity index (χ0v) is 20.6. The lowest BCUT2D eigenvalue weighted by atomic mass is 10.1. The molecular weight excluding hydrogens is 491 g/mol. The number of carboxylic acid groups (broad SMARTS) is 1. The summed E-state index contributed by atoms with van der Waals surface area (Å²) in [5, 5.41) is 13.1. The number of likely N-dealkylation sites (tertiary alicyclic amines) is 1. The van der Waals surface area contributed by atoms with Gasteiger partial charge in [-0.3, -0.25) is 4.90 Å². The molecule has 1 saturated carbocycles. The second kappa shape index (κ2) is 11.4. The fourth-order valence-electron chi connectivity index (χ4n) is 4.79. The Morgan fingerprint density at radius 1 is 1.17 bits per heavy atom. The summed E-state index contributed by atoms with van der Waals surface area (Å²) in [6.45, 7) is 6.88. The topological polar surface area (TPSA) is 74.7 Å². The number of piperidine rings is 1. The molecule has 1 aromatic heterocycles. The van der Waals surface area contributed by atoms with Crippen LogP contribution in [0.5, 0.6) is 5.75 Å². The molecule has 1 aliphatic heterocycles. The lowest BCUT2D eigenvalue weighted by molar-refractivity contribution is -0.274. The summed E-state index contributed by atoms with van der Waals surface area (Å²) < 4.78 is 40.9. The van der Waals surface area contributed by atoms with Gasteiger partial charge in [0.05, 0.1) is 5.51 Å². The van der Waals surface area contributed by atoms with Gasteiger partial charge >= 0.3 is 12.3 Å². The van der Waals surface area contributed by atoms with Gasteiger partial charge in [0.1, 0.15) is 5.75 Å². The SMILES string of the molecule is Cc1cccc(CN2CC3C(CNCc4cccc(OC(F)(F)F)c4)C3C2)c1.O=C(O)c1cscn1. The Kier molecular flexibility index (Phi) is 8.28. The molecule has 2 heterocycles. The van der Waals surface area contributed by atoms with E-state index in [-0.39, 0.29) is 11.4 Å². The predicted molar refractivity (Wildman–Crippen MR) is 131 cm³/mol. The van der Waals surface area contributed by atoms with Crippen LogP contribution in [0.15, 0.2) is 59.4 Å². The van der Waals surface area contributed by atoms with Gasteiger partial charge in [0.15, 0.2) is 5.69 Å². The van der Waals surface area contributed by atoms with Gasteiger partial charge in [0, 0.05) is 31.6 Å². The van der Waals surface area contributed by atoms with E-state index in [1.807, 2.05) is 6.07 Å². The Balaban J connectivity index is 0.000000325. The van der Waals surface area contributed by atoms with E-state index in [9.17, 15) is 18.0 Å². The first-order valence-corrected chi connectivity index (χ1v) is 12.6. The monoisotopic (exact) mass is 519 g/mol. The molecule has 1 saturated heterocycles. The average Bonchev–Trinajstić information content (AvgIpc) is 3.19. The average molecular weight is 520 g/mol. The highest BCUT2D eigenvalue weighted by atomic mass is 32.1. The normalized spacial score (nSPS) is 20.8. The molecule has 36 heavy (non-hydrogen) atoms. The van der Waals surface area contributed by atoms with Crippen molar-refractivity contribution in [1.29, 1.82) is 0 Å². The van der Waals surface area contributed by atoms with Crippen LogP contribution in [0.4, 0.5) is 13.2 Å². The van der Waals surface area contributed by atoms with E-state index < -0.39 is 12.3 Å². The number of aromatic carboxylic acids is 1. The molecule has 2 unspecified atom stereocenters. The van der Waals surface area contributed by atoms with Crippen LogP contribution < -0.4 is 10.1 Å². The van der Waals surface area contributed by atoms with Gasteiger partial charge in [-0.2, -0.15) is 0 Å². The maximum atomic E-state index is 12.3. The summed E-state index contributed by atoms with van der Waals surface area (Å²) >= 11 is 1.28. The lowest BCUT2D eigenvalue weighted by Crippen LogP contribution is -2.27. The number of halogens is 3. The van der Waals surface area contributed by atoms with Gasteiger partial charge in [-0.05, 0) is 54.5 Å². The van der Waals surface area contributed by atoms with Crippen molar-refractivity contribution in [3.05, 3.63) is 81.8 Å². The first-order chi connectivity index (χ1) is 17.2. The van der Waals surface area contributed by atoms with Crippen molar-refractivity contribution < 1.29 is 27.8 Å². The lowest BCUT2D eigenvalue weighted by Gasteiger charge is -2.20. The first kappa shape index (κ1) is 26.1. The van der Waals surface area contributed by atoms with Gasteiger partial charge in [-0.1, -0.05) is 42.0 Å². The Bertz CT molecular complexity index is 1140. The van der Waals surface area contributed by atoms with Crippen LogP contribution >= 0.6 is 11.3 Å². The quantitative estimate of drug-likeness (QED) is 0.426. The second-order valence-corrected chi connectivity index (χ2v) is 9.90. The summed E-state index contributed by atoms with van der Waals surface area (Å²) in [5.41, 5.74) is 5.08. The van der Waals surface area contributed by atoms with Gasteiger partial charge in [0.2, 0.25) is 0 Å². The fraction of sp³-hybridized carbons (Fsp3) is 0.385. The van der Waals surface area contributed by atoms with E-state index in [1.54, 1.807) is 6.07 Å². The summed E-state index contributed by atoms with van der Waals surface area (Å²) in [7, 11) is 0.